The van der Waals surface area contributed by atoms with Gasteiger partial charge in [0.2, 0.25) is 0 Å². The lowest BCUT2D eigenvalue weighted by Gasteiger charge is -2.08. The number of rotatable bonds is 3. The molecule has 0 fully saturated rings. The van der Waals surface area contributed by atoms with Crippen LogP contribution < -0.4 is 5.73 Å². The standard InChI is InChI=1S/C20H17N5/c1-3-15-10-9-14(11-22-15)18-16(13-7-5-4-6-8-13)17-19(21)23-12-24-20(17)25(18)2/h3-12H,1H2,2H3,(H2,21,23,24). The highest BCUT2D eigenvalue weighted by Crippen LogP contribution is 2.41. The molecule has 1 aromatic carbocycles. The summed E-state index contributed by atoms with van der Waals surface area (Å²) < 4.78 is 2.04. The van der Waals surface area contributed by atoms with Gasteiger partial charge in [-0.2, -0.15) is 0 Å². The van der Waals surface area contributed by atoms with E-state index in [2.05, 4.69) is 33.7 Å². The summed E-state index contributed by atoms with van der Waals surface area (Å²) in [6.45, 7) is 3.76. The third kappa shape index (κ3) is 2.37. The Balaban J connectivity index is 2.11. The number of benzene rings is 1. The van der Waals surface area contributed by atoms with Crippen molar-refractivity contribution in [3.63, 3.8) is 0 Å². The number of nitrogens with two attached hydrogens (primary N) is 1. The Kier molecular flexibility index (Phi) is 3.54. The number of hydrogen-bond acceptors (Lipinski definition) is 4. The molecule has 0 unspecified atom stereocenters. The number of nitrogen functional groups attached to an aromatic ring is 1. The Labute approximate surface area is 145 Å². The quantitative estimate of drug-likeness (QED) is 0.619. The van der Waals surface area contributed by atoms with Gasteiger partial charge in [-0.05, 0) is 23.8 Å². The molecule has 122 valence electrons. The van der Waals surface area contributed by atoms with Gasteiger partial charge in [0.15, 0.2) is 0 Å². The van der Waals surface area contributed by atoms with E-state index < -0.39 is 0 Å². The van der Waals surface area contributed by atoms with Gasteiger partial charge in [-0.15, -0.1) is 0 Å². The summed E-state index contributed by atoms with van der Waals surface area (Å²) >= 11 is 0. The Morgan fingerprint density at radius 1 is 1.00 bits per heavy atom. The number of nitrogens with zero attached hydrogens (tertiary/aromatic N) is 4. The fourth-order valence-electron chi connectivity index (χ4n) is 3.17. The highest BCUT2D eigenvalue weighted by atomic mass is 15.1. The number of fused-ring (bicyclic) bond motifs is 1. The third-order valence-electron chi connectivity index (χ3n) is 4.33. The SMILES string of the molecule is C=Cc1ccc(-c2c(-c3ccccc3)c3c(N)ncnc3n2C)cn1. The molecule has 5 nitrogen and oxygen atoms in total. The fourth-order valence-corrected chi connectivity index (χ4v) is 3.17. The van der Waals surface area contributed by atoms with E-state index >= 15 is 0 Å². The summed E-state index contributed by atoms with van der Waals surface area (Å²) in [5.74, 6) is 0.473. The van der Waals surface area contributed by atoms with Crippen molar-refractivity contribution in [1.29, 1.82) is 0 Å². The van der Waals surface area contributed by atoms with Crippen LogP contribution in [0, 0.1) is 0 Å². The van der Waals surface area contributed by atoms with Crippen LogP contribution in [-0.4, -0.2) is 19.5 Å². The molecule has 0 aliphatic carbocycles. The fraction of sp³-hybridized carbons (Fsp3) is 0.0500. The van der Waals surface area contributed by atoms with Crippen LogP contribution in [0.4, 0.5) is 5.82 Å². The zero-order chi connectivity index (χ0) is 17.4. The van der Waals surface area contributed by atoms with E-state index in [0.29, 0.717) is 5.82 Å². The van der Waals surface area contributed by atoms with Gasteiger partial charge in [0.1, 0.15) is 17.8 Å². The van der Waals surface area contributed by atoms with Crippen molar-refractivity contribution in [1.82, 2.24) is 19.5 Å². The van der Waals surface area contributed by atoms with Crippen LogP contribution in [0.5, 0.6) is 0 Å². The van der Waals surface area contributed by atoms with Crippen LogP contribution in [0.1, 0.15) is 5.69 Å². The smallest absolute Gasteiger partial charge is 0.146 e. The Morgan fingerprint density at radius 2 is 1.80 bits per heavy atom. The predicted molar refractivity (Wildman–Crippen MR) is 102 cm³/mol. The number of hydrogen-bond donors (Lipinski definition) is 1. The van der Waals surface area contributed by atoms with Crippen molar-refractivity contribution in [2.24, 2.45) is 7.05 Å². The zero-order valence-electron chi connectivity index (χ0n) is 13.8. The Hall–Kier alpha value is -3.47. The van der Waals surface area contributed by atoms with Crippen molar-refractivity contribution >= 4 is 22.9 Å². The molecule has 2 N–H and O–H groups in total. The average Bonchev–Trinajstić information content (AvgIpc) is 2.97. The summed E-state index contributed by atoms with van der Waals surface area (Å²) in [5, 5.41) is 0.860. The van der Waals surface area contributed by atoms with Crippen LogP contribution in [0.15, 0.2) is 61.6 Å². The van der Waals surface area contributed by atoms with E-state index in [4.69, 9.17) is 5.73 Å². The van der Waals surface area contributed by atoms with E-state index in [1.807, 2.05) is 48.1 Å². The van der Waals surface area contributed by atoms with Crippen LogP contribution in [0.25, 0.3) is 39.5 Å². The molecular weight excluding hydrogens is 310 g/mol. The second-order valence-corrected chi connectivity index (χ2v) is 5.78. The minimum absolute atomic E-state index is 0.473. The van der Waals surface area contributed by atoms with Crippen molar-refractivity contribution in [3.05, 3.63) is 67.3 Å². The monoisotopic (exact) mass is 327 g/mol. The average molecular weight is 327 g/mol. The van der Waals surface area contributed by atoms with Crippen LogP contribution in [-0.2, 0) is 7.05 Å². The number of aryl methyl sites for hydroxylation is 1. The van der Waals surface area contributed by atoms with Gasteiger partial charge in [0, 0.05) is 24.4 Å². The molecule has 25 heavy (non-hydrogen) atoms. The van der Waals surface area contributed by atoms with E-state index in [1.165, 1.54) is 6.33 Å². The molecule has 4 rings (SSSR count). The highest BCUT2D eigenvalue weighted by molar-refractivity contribution is 6.07. The first-order valence-electron chi connectivity index (χ1n) is 7.94. The summed E-state index contributed by atoms with van der Waals surface area (Å²) in [4.78, 5) is 13.1. The number of anilines is 1. The molecule has 0 radical (unpaired) electrons. The topological polar surface area (TPSA) is 69.6 Å². The molecule has 3 aromatic heterocycles. The molecule has 0 atom stereocenters. The maximum absolute atomic E-state index is 6.21. The number of aromatic nitrogens is 4. The van der Waals surface area contributed by atoms with Crippen molar-refractivity contribution < 1.29 is 0 Å². The molecule has 4 aromatic rings. The van der Waals surface area contributed by atoms with Gasteiger partial charge in [-0.25, -0.2) is 9.97 Å². The molecule has 0 spiro atoms. The molecule has 0 saturated heterocycles. The molecule has 3 heterocycles. The predicted octanol–water partition coefficient (Wildman–Crippen LogP) is 3.92. The molecule has 0 saturated carbocycles. The normalized spacial score (nSPS) is 10.9. The molecular formula is C20H17N5. The maximum Gasteiger partial charge on any atom is 0.146 e. The zero-order valence-corrected chi connectivity index (χ0v) is 13.8. The van der Waals surface area contributed by atoms with E-state index in [1.54, 1.807) is 6.08 Å². The van der Waals surface area contributed by atoms with Gasteiger partial charge in [-0.3, -0.25) is 4.98 Å². The van der Waals surface area contributed by atoms with E-state index in [9.17, 15) is 0 Å². The lowest BCUT2D eigenvalue weighted by molar-refractivity contribution is 0.951. The van der Waals surface area contributed by atoms with Gasteiger partial charge in [-0.1, -0.05) is 36.9 Å². The Morgan fingerprint density at radius 3 is 2.48 bits per heavy atom. The van der Waals surface area contributed by atoms with Gasteiger partial charge in [0.05, 0.1) is 16.8 Å². The third-order valence-corrected chi connectivity index (χ3v) is 4.33. The summed E-state index contributed by atoms with van der Waals surface area (Å²) in [5.41, 5.74) is 11.9. The molecule has 5 heteroatoms. The lowest BCUT2D eigenvalue weighted by Crippen LogP contribution is -1.96. The van der Waals surface area contributed by atoms with Gasteiger partial charge < -0.3 is 10.3 Å². The maximum atomic E-state index is 6.21. The molecule has 0 aliphatic heterocycles. The molecule has 0 amide bonds. The molecule has 0 bridgehead atoms. The molecule has 0 aliphatic rings. The Bertz CT molecular complexity index is 1060. The number of pyridine rings is 1. The summed E-state index contributed by atoms with van der Waals surface area (Å²) in [7, 11) is 1.98. The van der Waals surface area contributed by atoms with Crippen molar-refractivity contribution in [3.8, 4) is 22.4 Å². The first-order chi connectivity index (χ1) is 12.2. The second kappa shape index (κ2) is 5.87. The van der Waals surface area contributed by atoms with Gasteiger partial charge in [0.25, 0.3) is 0 Å². The second-order valence-electron chi connectivity index (χ2n) is 5.78. The van der Waals surface area contributed by atoms with Crippen LogP contribution in [0.3, 0.4) is 0 Å². The minimum atomic E-state index is 0.473. The summed E-state index contributed by atoms with van der Waals surface area (Å²) in [6.07, 6.45) is 5.07. The largest absolute Gasteiger partial charge is 0.383 e. The van der Waals surface area contributed by atoms with Crippen LogP contribution >= 0.6 is 0 Å². The summed E-state index contributed by atoms with van der Waals surface area (Å²) in [6, 6.07) is 14.1. The first kappa shape index (κ1) is 15.1. The van der Waals surface area contributed by atoms with Crippen molar-refractivity contribution in [2.45, 2.75) is 0 Å². The first-order valence-corrected chi connectivity index (χ1v) is 7.94. The van der Waals surface area contributed by atoms with Crippen LogP contribution in [0.2, 0.25) is 0 Å². The van der Waals surface area contributed by atoms with Gasteiger partial charge >= 0.3 is 0 Å². The van der Waals surface area contributed by atoms with E-state index in [-0.39, 0.29) is 0 Å². The highest BCUT2D eigenvalue weighted by Gasteiger charge is 2.21. The lowest BCUT2D eigenvalue weighted by atomic mass is 9.99. The minimum Gasteiger partial charge on any atom is -0.383 e. The van der Waals surface area contributed by atoms with Crippen molar-refractivity contribution in [2.75, 3.05) is 5.73 Å². The van der Waals surface area contributed by atoms with E-state index in [0.717, 1.165) is 39.1 Å².